The number of phenolic OH excluding ortho intramolecular Hbond substituents is 2. The highest BCUT2D eigenvalue weighted by Crippen LogP contribution is 2.49. The molecule has 8 heteroatoms. The summed E-state index contributed by atoms with van der Waals surface area (Å²) in [6, 6.07) is 13.6. The molecule has 0 aromatic heterocycles. The zero-order valence-corrected chi connectivity index (χ0v) is 20.4. The fraction of sp³-hybridized carbons (Fsp3) is 0.464. The van der Waals surface area contributed by atoms with E-state index in [1.807, 2.05) is 12.1 Å². The van der Waals surface area contributed by atoms with Crippen LogP contribution in [0.5, 0.6) is 11.5 Å². The van der Waals surface area contributed by atoms with E-state index in [2.05, 4.69) is 0 Å². The molecule has 1 heterocycles. The van der Waals surface area contributed by atoms with E-state index < -0.39 is 29.6 Å². The van der Waals surface area contributed by atoms with E-state index in [-0.39, 0.29) is 35.7 Å². The van der Waals surface area contributed by atoms with Gasteiger partial charge in [0.05, 0.1) is 6.42 Å². The zero-order chi connectivity index (χ0) is 26.0. The van der Waals surface area contributed by atoms with Gasteiger partial charge in [0.15, 0.2) is 5.92 Å². The van der Waals surface area contributed by atoms with E-state index in [0.29, 0.717) is 5.92 Å². The topological polar surface area (TPSA) is 130 Å². The van der Waals surface area contributed by atoms with Crippen molar-refractivity contribution in [3.8, 4) is 11.5 Å². The second-order valence-corrected chi connectivity index (χ2v) is 10.3. The third kappa shape index (κ3) is 6.36. The molecule has 0 radical (unpaired) electrons. The lowest BCUT2D eigenvalue weighted by atomic mass is 9.81. The predicted octanol–water partition coefficient (Wildman–Crippen LogP) is 4.70. The van der Waals surface area contributed by atoms with Crippen LogP contribution in [-0.2, 0) is 23.9 Å². The second kappa shape index (κ2) is 10.2. The first-order valence-electron chi connectivity index (χ1n) is 12.3. The number of carboxylic acids is 1. The normalized spacial score (nSPS) is 20.8. The lowest BCUT2D eigenvalue weighted by molar-refractivity contribution is -0.241. The number of rotatable bonds is 7. The number of phenols is 2. The first kappa shape index (κ1) is 25.5. The van der Waals surface area contributed by atoms with Crippen molar-refractivity contribution in [1.29, 1.82) is 0 Å². The number of aromatic hydroxyl groups is 2. The molecule has 3 fully saturated rings. The Kier molecular flexibility index (Phi) is 7.24. The van der Waals surface area contributed by atoms with Crippen molar-refractivity contribution >= 4 is 17.9 Å². The number of carboxylic acid groups (broad SMARTS) is 1. The molecule has 192 valence electrons. The van der Waals surface area contributed by atoms with Crippen LogP contribution in [0.2, 0.25) is 0 Å². The van der Waals surface area contributed by atoms with E-state index >= 15 is 0 Å². The zero-order valence-electron chi connectivity index (χ0n) is 20.4. The maximum Gasteiger partial charge on any atom is 0.324 e. The quantitative estimate of drug-likeness (QED) is 0.371. The third-order valence-electron chi connectivity index (χ3n) is 6.83. The van der Waals surface area contributed by atoms with Crippen LogP contribution < -0.4 is 0 Å². The van der Waals surface area contributed by atoms with E-state index in [4.69, 9.17) is 14.6 Å². The summed E-state index contributed by atoms with van der Waals surface area (Å²) in [5, 5.41) is 27.8. The number of ether oxygens (including phenoxy) is 2. The molecule has 1 saturated heterocycles. The Morgan fingerprint density at radius 3 is 1.86 bits per heavy atom. The molecular formula is C28H32O8. The largest absolute Gasteiger partial charge is 0.508 e. The van der Waals surface area contributed by atoms with E-state index in [1.165, 1.54) is 0 Å². The molecule has 3 aliphatic rings. The van der Waals surface area contributed by atoms with E-state index in [1.54, 1.807) is 50.2 Å². The monoisotopic (exact) mass is 496 g/mol. The summed E-state index contributed by atoms with van der Waals surface area (Å²) in [7, 11) is 0. The average molecular weight is 497 g/mol. The summed E-state index contributed by atoms with van der Waals surface area (Å²) < 4.78 is 10.4. The first-order chi connectivity index (χ1) is 17.0. The Morgan fingerprint density at radius 2 is 1.39 bits per heavy atom. The fourth-order valence-corrected chi connectivity index (χ4v) is 4.94. The summed E-state index contributed by atoms with van der Waals surface area (Å²) in [5.74, 6) is -3.18. The maximum absolute atomic E-state index is 12.3. The van der Waals surface area contributed by atoms with E-state index in [9.17, 15) is 24.6 Å². The van der Waals surface area contributed by atoms with Crippen molar-refractivity contribution in [3.63, 3.8) is 0 Å². The van der Waals surface area contributed by atoms with Crippen LogP contribution in [0.15, 0.2) is 48.5 Å². The summed E-state index contributed by atoms with van der Waals surface area (Å²) in [6.07, 6.45) is 4.29. The standard InChI is InChI=1S/C16H18O5.C12H14O3/c1-16(2)20-14(18)13(15(19)21-16)12(9-6-7-9)10-4-3-5-11(17)8-10;13-10-3-1-2-9(6-10)11(7-12(14)15)8-4-5-8/h3-5,8-9,12-13,17H,6-7H2,1-2H3;1-3,6,8,11,13H,4-5,7H2,(H,14,15). The minimum Gasteiger partial charge on any atom is -0.508 e. The van der Waals surface area contributed by atoms with Crippen LogP contribution in [0.4, 0.5) is 0 Å². The molecule has 2 aliphatic carbocycles. The molecule has 2 aromatic carbocycles. The number of aliphatic carboxylic acids is 1. The van der Waals surface area contributed by atoms with Crippen LogP contribution in [0.25, 0.3) is 0 Å². The van der Waals surface area contributed by atoms with Crippen molar-refractivity contribution in [3.05, 3.63) is 59.7 Å². The van der Waals surface area contributed by atoms with Crippen molar-refractivity contribution in [2.75, 3.05) is 0 Å². The first-order valence-corrected chi connectivity index (χ1v) is 12.3. The summed E-state index contributed by atoms with van der Waals surface area (Å²) >= 11 is 0. The van der Waals surface area contributed by atoms with Gasteiger partial charge in [0, 0.05) is 19.8 Å². The predicted molar refractivity (Wildman–Crippen MR) is 129 cm³/mol. The second-order valence-electron chi connectivity index (χ2n) is 10.3. The van der Waals surface area contributed by atoms with Crippen LogP contribution in [-0.4, -0.2) is 39.0 Å². The SMILES string of the molecule is CC1(C)OC(=O)C(C(c2cccc(O)c2)C2CC2)C(=O)O1.O=C(O)CC(c1cccc(O)c1)C1CC1. The minimum atomic E-state index is -1.21. The fourth-order valence-electron chi connectivity index (χ4n) is 4.94. The smallest absolute Gasteiger partial charge is 0.324 e. The molecule has 36 heavy (non-hydrogen) atoms. The molecular weight excluding hydrogens is 464 g/mol. The number of hydrogen-bond acceptors (Lipinski definition) is 7. The molecule has 0 bridgehead atoms. The molecule has 0 spiro atoms. The van der Waals surface area contributed by atoms with Gasteiger partial charge in [0.25, 0.3) is 5.79 Å². The van der Waals surface area contributed by atoms with Gasteiger partial charge in [0.2, 0.25) is 0 Å². The highest BCUT2D eigenvalue weighted by Gasteiger charge is 2.51. The molecule has 1 aliphatic heterocycles. The molecule has 5 rings (SSSR count). The highest BCUT2D eigenvalue weighted by atomic mass is 16.7. The van der Waals surface area contributed by atoms with Crippen LogP contribution in [0.1, 0.15) is 68.9 Å². The number of esters is 2. The molecule has 0 amide bonds. The average Bonchev–Trinajstić information content (AvgIpc) is 3.68. The number of hydrogen-bond donors (Lipinski definition) is 3. The summed E-state index contributed by atoms with van der Waals surface area (Å²) in [4.78, 5) is 35.3. The molecule has 2 atom stereocenters. The Balaban J connectivity index is 0.000000179. The van der Waals surface area contributed by atoms with Gasteiger partial charge in [-0.05, 0) is 78.8 Å². The molecule has 2 saturated carbocycles. The van der Waals surface area contributed by atoms with E-state index in [0.717, 1.165) is 36.8 Å². The van der Waals surface area contributed by atoms with Crippen molar-refractivity contribution in [2.45, 2.75) is 63.6 Å². The van der Waals surface area contributed by atoms with Gasteiger partial charge in [-0.2, -0.15) is 0 Å². The Hall–Kier alpha value is -3.55. The minimum absolute atomic E-state index is 0.0644. The van der Waals surface area contributed by atoms with Gasteiger partial charge >= 0.3 is 17.9 Å². The number of carbonyl (C=O) groups is 3. The van der Waals surface area contributed by atoms with Gasteiger partial charge in [-0.1, -0.05) is 24.3 Å². The van der Waals surface area contributed by atoms with Gasteiger partial charge in [-0.15, -0.1) is 0 Å². The van der Waals surface area contributed by atoms with Gasteiger partial charge in [-0.25, -0.2) is 0 Å². The number of cyclic esters (lactones) is 2. The van der Waals surface area contributed by atoms with Crippen LogP contribution >= 0.6 is 0 Å². The lowest BCUT2D eigenvalue weighted by Crippen LogP contribution is -2.48. The van der Waals surface area contributed by atoms with Crippen LogP contribution in [0.3, 0.4) is 0 Å². The van der Waals surface area contributed by atoms with Crippen molar-refractivity contribution in [2.24, 2.45) is 17.8 Å². The van der Waals surface area contributed by atoms with Gasteiger partial charge < -0.3 is 24.8 Å². The third-order valence-corrected chi connectivity index (χ3v) is 6.83. The number of benzene rings is 2. The maximum atomic E-state index is 12.3. The lowest BCUT2D eigenvalue weighted by Gasteiger charge is -2.36. The Morgan fingerprint density at radius 1 is 0.889 bits per heavy atom. The van der Waals surface area contributed by atoms with Gasteiger partial charge in [-0.3, -0.25) is 14.4 Å². The van der Waals surface area contributed by atoms with Crippen LogP contribution in [0, 0.1) is 17.8 Å². The molecule has 8 nitrogen and oxygen atoms in total. The Bertz CT molecular complexity index is 1110. The number of carbonyl (C=O) groups excluding carboxylic acids is 2. The molecule has 2 unspecified atom stereocenters. The molecule has 2 aromatic rings. The Labute approximate surface area is 209 Å². The summed E-state index contributed by atoms with van der Waals surface area (Å²) in [5.41, 5.74) is 1.72. The highest BCUT2D eigenvalue weighted by molar-refractivity contribution is 5.98. The summed E-state index contributed by atoms with van der Waals surface area (Å²) in [6.45, 7) is 3.08. The van der Waals surface area contributed by atoms with Crippen molar-refractivity contribution < 1.29 is 39.2 Å². The van der Waals surface area contributed by atoms with Crippen molar-refractivity contribution in [1.82, 2.24) is 0 Å². The molecule has 3 N–H and O–H groups in total. The van der Waals surface area contributed by atoms with Gasteiger partial charge in [0.1, 0.15) is 11.5 Å².